The number of aryl methyl sites for hydroxylation is 2. The summed E-state index contributed by atoms with van der Waals surface area (Å²) < 4.78 is 15.2. The molecule has 0 saturated carbocycles. The summed E-state index contributed by atoms with van der Waals surface area (Å²) in [6, 6.07) is 4.53. The number of nitrogens with one attached hydrogen (secondary N) is 1. The molecule has 0 atom stereocenters. The van der Waals surface area contributed by atoms with Gasteiger partial charge in [0.2, 0.25) is 0 Å². The Morgan fingerprint density at radius 3 is 2.89 bits per heavy atom. The molecule has 100 valence electrons. The number of hydrogen-bond donors (Lipinski definition) is 1. The molecule has 19 heavy (non-hydrogen) atoms. The second-order valence-corrected chi connectivity index (χ2v) is 4.32. The first-order chi connectivity index (χ1) is 9.06. The molecular formula is C13H15FN4O. The summed E-state index contributed by atoms with van der Waals surface area (Å²) in [5.74, 6) is -0.283. The molecule has 0 fully saturated rings. The van der Waals surface area contributed by atoms with Gasteiger partial charge < -0.3 is 5.32 Å². The highest BCUT2D eigenvalue weighted by Crippen LogP contribution is 2.09. The van der Waals surface area contributed by atoms with Gasteiger partial charge >= 0.3 is 0 Å². The fraction of sp³-hybridized carbons (Fsp3) is 0.308. The van der Waals surface area contributed by atoms with Crippen LogP contribution in [0.1, 0.15) is 21.7 Å². The van der Waals surface area contributed by atoms with Crippen LogP contribution < -0.4 is 5.32 Å². The lowest BCUT2D eigenvalue weighted by Crippen LogP contribution is -2.26. The topological polar surface area (TPSA) is 59.8 Å². The Bertz CT molecular complexity index is 594. The van der Waals surface area contributed by atoms with Crippen molar-refractivity contribution in [2.75, 3.05) is 6.54 Å². The van der Waals surface area contributed by atoms with Gasteiger partial charge in [0, 0.05) is 20.0 Å². The van der Waals surface area contributed by atoms with Crippen LogP contribution in [0.25, 0.3) is 0 Å². The van der Waals surface area contributed by atoms with Gasteiger partial charge in [0.1, 0.15) is 12.1 Å². The van der Waals surface area contributed by atoms with E-state index < -0.39 is 11.7 Å². The molecule has 0 aliphatic heterocycles. The molecule has 0 radical (unpaired) electrons. The van der Waals surface area contributed by atoms with Gasteiger partial charge in [-0.2, -0.15) is 5.10 Å². The summed E-state index contributed by atoms with van der Waals surface area (Å²) in [4.78, 5) is 15.8. The smallest absolute Gasteiger partial charge is 0.254 e. The zero-order valence-electron chi connectivity index (χ0n) is 10.9. The minimum atomic E-state index is -0.506. The number of rotatable bonds is 4. The molecule has 1 aromatic carbocycles. The van der Waals surface area contributed by atoms with E-state index in [1.807, 2.05) is 0 Å². The maximum Gasteiger partial charge on any atom is 0.254 e. The van der Waals surface area contributed by atoms with Gasteiger partial charge in [0.15, 0.2) is 5.82 Å². The summed E-state index contributed by atoms with van der Waals surface area (Å²) in [5.41, 5.74) is 0.839. The number of carbonyl (C=O) groups excluding carboxylic acids is 1. The third kappa shape index (κ3) is 3.37. The standard InChI is InChI=1S/C13H15FN4O/c1-9-3-4-10(11(14)7-9)13(19)15-6-5-12-16-8-18(2)17-12/h3-4,7-8H,5-6H2,1-2H3,(H,15,19). The van der Waals surface area contributed by atoms with E-state index in [2.05, 4.69) is 15.4 Å². The first-order valence-corrected chi connectivity index (χ1v) is 5.95. The lowest BCUT2D eigenvalue weighted by atomic mass is 10.1. The van der Waals surface area contributed by atoms with Gasteiger partial charge in [-0.3, -0.25) is 9.48 Å². The molecule has 1 aromatic heterocycles. The Morgan fingerprint density at radius 1 is 1.47 bits per heavy atom. The number of amides is 1. The molecule has 0 spiro atoms. The Morgan fingerprint density at radius 2 is 2.26 bits per heavy atom. The van der Waals surface area contributed by atoms with Crippen LogP contribution in [0.4, 0.5) is 4.39 Å². The molecule has 0 aliphatic rings. The zero-order chi connectivity index (χ0) is 13.8. The number of nitrogens with zero attached hydrogens (tertiary/aromatic N) is 3. The predicted octanol–water partition coefficient (Wildman–Crippen LogP) is 1.24. The zero-order valence-corrected chi connectivity index (χ0v) is 10.9. The van der Waals surface area contributed by atoms with E-state index in [4.69, 9.17) is 0 Å². The Balaban J connectivity index is 1.90. The Labute approximate surface area is 110 Å². The molecule has 5 nitrogen and oxygen atoms in total. The van der Waals surface area contributed by atoms with Crippen molar-refractivity contribution in [3.05, 3.63) is 47.3 Å². The maximum absolute atomic E-state index is 13.6. The summed E-state index contributed by atoms with van der Waals surface area (Å²) in [7, 11) is 1.77. The number of carbonyl (C=O) groups is 1. The lowest BCUT2D eigenvalue weighted by Gasteiger charge is -2.05. The van der Waals surface area contributed by atoms with E-state index >= 15 is 0 Å². The first-order valence-electron chi connectivity index (χ1n) is 5.95. The van der Waals surface area contributed by atoms with Crippen LogP contribution in [-0.4, -0.2) is 27.2 Å². The van der Waals surface area contributed by atoms with Crippen molar-refractivity contribution in [2.45, 2.75) is 13.3 Å². The molecule has 1 amide bonds. The number of halogens is 1. The molecule has 1 heterocycles. The summed E-state index contributed by atoms with van der Waals surface area (Å²) in [6.07, 6.45) is 2.11. The molecule has 2 aromatic rings. The SMILES string of the molecule is Cc1ccc(C(=O)NCCc2ncn(C)n2)c(F)c1. The van der Waals surface area contributed by atoms with Gasteiger partial charge in [0.05, 0.1) is 5.56 Å². The quantitative estimate of drug-likeness (QED) is 0.901. The third-order valence-corrected chi connectivity index (χ3v) is 2.65. The summed E-state index contributed by atoms with van der Waals surface area (Å²) >= 11 is 0. The van der Waals surface area contributed by atoms with Crippen LogP contribution in [0.3, 0.4) is 0 Å². The highest BCUT2D eigenvalue weighted by Gasteiger charge is 2.11. The van der Waals surface area contributed by atoms with Crippen molar-refractivity contribution in [3.63, 3.8) is 0 Å². The molecule has 0 unspecified atom stereocenters. The van der Waals surface area contributed by atoms with Crippen LogP contribution in [0, 0.1) is 12.7 Å². The summed E-state index contributed by atoms with van der Waals surface area (Å²) in [5, 5.41) is 6.74. The normalized spacial score (nSPS) is 10.5. The largest absolute Gasteiger partial charge is 0.351 e. The monoisotopic (exact) mass is 262 g/mol. The van der Waals surface area contributed by atoms with E-state index in [0.717, 1.165) is 5.56 Å². The van der Waals surface area contributed by atoms with E-state index in [0.29, 0.717) is 18.8 Å². The van der Waals surface area contributed by atoms with Gasteiger partial charge in [0.25, 0.3) is 5.91 Å². The fourth-order valence-corrected chi connectivity index (χ4v) is 1.69. The van der Waals surface area contributed by atoms with Gasteiger partial charge in [-0.25, -0.2) is 9.37 Å². The van der Waals surface area contributed by atoms with Crippen molar-refractivity contribution < 1.29 is 9.18 Å². The van der Waals surface area contributed by atoms with Crippen molar-refractivity contribution >= 4 is 5.91 Å². The third-order valence-electron chi connectivity index (χ3n) is 2.65. The maximum atomic E-state index is 13.6. The average Bonchev–Trinajstić information content (AvgIpc) is 2.75. The molecule has 0 saturated heterocycles. The Hall–Kier alpha value is -2.24. The molecular weight excluding hydrogens is 247 g/mol. The molecule has 1 N–H and O–H groups in total. The van der Waals surface area contributed by atoms with Gasteiger partial charge in [-0.15, -0.1) is 0 Å². The van der Waals surface area contributed by atoms with E-state index in [-0.39, 0.29) is 5.56 Å². The molecule has 2 rings (SSSR count). The average molecular weight is 262 g/mol. The number of aromatic nitrogens is 3. The highest BCUT2D eigenvalue weighted by atomic mass is 19.1. The fourth-order valence-electron chi connectivity index (χ4n) is 1.69. The second kappa shape index (κ2) is 5.60. The minimum Gasteiger partial charge on any atom is -0.351 e. The van der Waals surface area contributed by atoms with Crippen LogP contribution >= 0.6 is 0 Å². The van der Waals surface area contributed by atoms with Crippen LogP contribution in [-0.2, 0) is 13.5 Å². The minimum absolute atomic E-state index is 0.0552. The van der Waals surface area contributed by atoms with Crippen molar-refractivity contribution in [1.29, 1.82) is 0 Å². The number of benzene rings is 1. The molecule has 0 bridgehead atoms. The van der Waals surface area contributed by atoms with E-state index in [1.165, 1.54) is 12.1 Å². The van der Waals surface area contributed by atoms with Crippen LogP contribution in [0.15, 0.2) is 24.5 Å². The highest BCUT2D eigenvalue weighted by molar-refractivity contribution is 5.94. The van der Waals surface area contributed by atoms with Gasteiger partial charge in [-0.1, -0.05) is 6.07 Å². The van der Waals surface area contributed by atoms with Crippen LogP contribution in [0.5, 0.6) is 0 Å². The van der Waals surface area contributed by atoms with Crippen molar-refractivity contribution in [2.24, 2.45) is 7.05 Å². The van der Waals surface area contributed by atoms with Crippen molar-refractivity contribution in [3.8, 4) is 0 Å². The van der Waals surface area contributed by atoms with Crippen molar-refractivity contribution in [1.82, 2.24) is 20.1 Å². The predicted molar refractivity (Wildman–Crippen MR) is 68.2 cm³/mol. The van der Waals surface area contributed by atoms with Gasteiger partial charge in [-0.05, 0) is 24.6 Å². The number of hydrogen-bond acceptors (Lipinski definition) is 3. The van der Waals surface area contributed by atoms with E-state index in [9.17, 15) is 9.18 Å². The van der Waals surface area contributed by atoms with E-state index in [1.54, 1.807) is 31.0 Å². The first kappa shape index (κ1) is 13.2. The Kier molecular flexibility index (Phi) is 3.89. The second-order valence-electron chi connectivity index (χ2n) is 4.32. The molecule has 6 heteroatoms. The molecule has 0 aliphatic carbocycles. The summed E-state index contributed by atoms with van der Waals surface area (Å²) in [6.45, 7) is 2.15. The lowest BCUT2D eigenvalue weighted by molar-refractivity contribution is 0.0950. The van der Waals surface area contributed by atoms with Crippen LogP contribution in [0.2, 0.25) is 0 Å².